The molecule has 0 saturated carbocycles. The van der Waals surface area contributed by atoms with E-state index in [2.05, 4.69) is 21.5 Å². The van der Waals surface area contributed by atoms with E-state index in [0.717, 1.165) is 16.1 Å². The van der Waals surface area contributed by atoms with Crippen LogP contribution in [-0.4, -0.2) is 19.8 Å². The van der Waals surface area contributed by atoms with Crippen LogP contribution in [0.5, 0.6) is 0 Å². The van der Waals surface area contributed by atoms with Gasteiger partial charge in [-0.05, 0) is 17.8 Å². The summed E-state index contributed by atoms with van der Waals surface area (Å²) < 4.78 is 1.74. The van der Waals surface area contributed by atoms with Crippen molar-refractivity contribution in [3.63, 3.8) is 0 Å². The fourth-order valence-electron chi connectivity index (χ4n) is 1.37. The number of nitrogen functional groups attached to an aromatic ring is 1. The summed E-state index contributed by atoms with van der Waals surface area (Å²) in [4.78, 5) is 0. The van der Waals surface area contributed by atoms with Gasteiger partial charge in [-0.25, -0.2) is 5.10 Å². The van der Waals surface area contributed by atoms with E-state index in [1.54, 1.807) is 4.52 Å². The number of rotatable bonds is 1. The summed E-state index contributed by atoms with van der Waals surface area (Å²) in [5.41, 5.74) is 7.32. The van der Waals surface area contributed by atoms with Gasteiger partial charge >= 0.3 is 0 Å². The standard InChI is InChI=1S/C9H6N5S.Y/c10-9-13-12-8(15-9)6-5-11-14-4-2-1-3-7(6)14;/h1-4H,(H2,10,13);/q-1;. The summed E-state index contributed by atoms with van der Waals surface area (Å²) in [6.07, 6.45) is 4.77. The molecule has 0 aliphatic carbocycles. The van der Waals surface area contributed by atoms with Crippen molar-refractivity contribution >= 4 is 22.0 Å². The first kappa shape index (κ1) is 11.6. The number of nitrogens with zero attached hydrogens (tertiary/aromatic N) is 4. The van der Waals surface area contributed by atoms with Crippen molar-refractivity contribution < 1.29 is 32.7 Å². The third-order valence-electron chi connectivity index (χ3n) is 2.02. The zero-order chi connectivity index (χ0) is 10.3. The largest absolute Gasteiger partial charge is 0.375 e. The Kier molecular flexibility index (Phi) is 3.32. The second-order valence-corrected chi connectivity index (χ2v) is 3.97. The van der Waals surface area contributed by atoms with Crippen molar-refractivity contribution in [3.05, 3.63) is 30.6 Å². The maximum absolute atomic E-state index is 5.53. The maximum Gasteiger partial charge on any atom is 0.189 e. The molecule has 0 fully saturated rings. The molecule has 0 aliphatic heterocycles. The fraction of sp³-hybridized carbons (Fsp3) is 0. The first-order valence-electron chi connectivity index (χ1n) is 4.29. The van der Waals surface area contributed by atoms with Gasteiger partial charge in [-0.15, -0.1) is 22.0 Å². The van der Waals surface area contributed by atoms with Crippen LogP contribution in [0.2, 0.25) is 0 Å². The zero-order valence-corrected chi connectivity index (χ0v) is 11.8. The average molecular weight is 305 g/mol. The fourth-order valence-corrected chi connectivity index (χ4v) is 1.99. The average Bonchev–Trinajstić information content (AvgIpc) is 2.83. The molecule has 0 spiro atoms. The quantitative estimate of drug-likeness (QED) is 0.687. The van der Waals surface area contributed by atoms with E-state index in [9.17, 15) is 0 Å². The Balaban J connectivity index is 0.000000963. The monoisotopic (exact) mass is 305 g/mol. The number of nitrogens with two attached hydrogens (primary N) is 1. The molecule has 3 rings (SSSR count). The molecule has 7 heteroatoms. The Labute approximate surface area is 121 Å². The first-order chi connectivity index (χ1) is 7.34. The normalized spacial score (nSPS) is 10.2. The van der Waals surface area contributed by atoms with E-state index in [1.165, 1.54) is 11.3 Å². The second-order valence-electron chi connectivity index (χ2n) is 2.96. The molecule has 3 aromatic rings. The van der Waals surface area contributed by atoms with E-state index in [0.29, 0.717) is 5.13 Å². The Morgan fingerprint density at radius 2 is 2.19 bits per heavy atom. The van der Waals surface area contributed by atoms with Crippen LogP contribution in [0.4, 0.5) is 5.13 Å². The molecule has 5 nitrogen and oxygen atoms in total. The van der Waals surface area contributed by atoms with Crippen molar-refractivity contribution in [2.75, 3.05) is 5.73 Å². The van der Waals surface area contributed by atoms with Gasteiger partial charge in [0.15, 0.2) is 5.13 Å². The number of hydrogen-bond donors (Lipinski definition) is 1. The van der Waals surface area contributed by atoms with Crippen LogP contribution in [0.1, 0.15) is 0 Å². The van der Waals surface area contributed by atoms with Gasteiger partial charge in [0, 0.05) is 43.9 Å². The summed E-state index contributed by atoms with van der Waals surface area (Å²) in [5.74, 6) is 0. The summed E-state index contributed by atoms with van der Waals surface area (Å²) in [6.45, 7) is 0. The summed E-state index contributed by atoms with van der Waals surface area (Å²) in [6, 6.07) is 5.81. The van der Waals surface area contributed by atoms with Gasteiger partial charge in [-0.3, -0.25) is 5.10 Å². The minimum atomic E-state index is 0. The molecule has 0 saturated heterocycles. The molecule has 0 unspecified atom stereocenters. The van der Waals surface area contributed by atoms with Gasteiger partial charge in [0.05, 0.1) is 0 Å². The summed E-state index contributed by atoms with van der Waals surface area (Å²) in [5, 5.41) is 13.0. The van der Waals surface area contributed by atoms with Gasteiger partial charge in [-0.2, -0.15) is 0 Å². The minimum Gasteiger partial charge on any atom is -0.375 e. The SMILES string of the molecule is Nc1nnc(-c2[c-]nn3ccccc23)s1.[Y]. The van der Waals surface area contributed by atoms with Crippen molar-refractivity contribution in [2.24, 2.45) is 0 Å². The Bertz CT molecular complexity index is 617. The van der Waals surface area contributed by atoms with Gasteiger partial charge in [-0.1, -0.05) is 12.1 Å². The van der Waals surface area contributed by atoms with Gasteiger partial charge in [0.1, 0.15) is 0 Å². The first-order valence-corrected chi connectivity index (χ1v) is 5.10. The van der Waals surface area contributed by atoms with Crippen LogP contribution < -0.4 is 5.73 Å². The van der Waals surface area contributed by atoms with Crippen molar-refractivity contribution in [2.45, 2.75) is 0 Å². The molecule has 0 aliphatic rings. The number of fused-ring (bicyclic) bond motifs is 1. The number of hydrogen-bond acceptors (Lipinski definition) is 5. The maximum atomic E-state index is 5.53. The van der Waals surface area contributed by atoms with Gasteiger partial charge in [0.25, 0.3) is 0 Å². The number of aromatic nitrogens is 4. The smallest absolute Gasteiger partial charge is 0.189 e. The zero-order valence-electron chi connectivity index (χ0n) is 8.16. The molecular formula is C9H6N5SY-. The van der Waals surface area contributed by atoms with Crippen LogP contribution in [-0.2, 0) is 32.7 Å². The van der Waals surface area contributed by atoms with Gasteiger partial charge in [0.2, 0.25) is 0 Å². The summed E-state index contributed by atoms with van der Waals surface area (Å²) in [7, 11) is 0. The number of pyridine rings is 1. The van der Waals surface area contributed by atoms with Crippen LogP contribution >= 0.6 is 11.3 Å². The Hall–Kier alpha value is -0.846. The van der Waals surface area contributed by atoms with E-state index in [-0.39, 0.29) is 32.7 Å². The van der Waals surface area contributed by atoms with Crippen LogP contribution in [0, 0.1) is 6.20 Å². The third kappa shape index (κ3) is 1.88. The van der Waals surface area contributed by atoms with Crippen molar-refractivity contribution in [1.29, 1.82) is 0 Å². The number of anilines is 1. The molecule has 3 aromatic heterocycles. The molecule has 0 aromatic carbocycles. The van der Waals surface area contributed by atoms with Crippen LogP contribution in [0.15, 0.2) is 24.4 Å². The van der Waals surface area contributed by atoms with Crippen molar-refractivity contribution in [1.82, 2.24) is 19.8 Å². The summed E-state index contributed by atoms with van der Waals surface area (Å²) >= 11 is 1.33. The minimum absolute atomic E-state index is 0. The Morgan fingerprint density at radius 1 is 1.31 bits per heavy atom. The molecule has 3 heterocycles. The molecule has 2 N–H and O–H groups in total. The predicted molar refractivity (Wildman–Crippen MR) is 57.3 cm³/mol. The molecule has 0 bridgehead atoms. The van der Waals surface area contributed by atoms with Crippen LogP contribution in [0.3, 0.4) is 0 Å². The van der Waals surface area contributed by atoms with E-state index in [1.807, 2.05) is 24.4 Å². The second kappa shape index (κ2) is 4.57. The predicted octanol–water partition coefficient (Wildman–Crippen LogP) is 1.23. The molecule has 0 atom stereocenters. The van der Waals surface area contributed by atoms with E-state index >= 15 is 0 Å². The molecule has 77 valence electrons. The molecule has 16 heavy (non-hydrogen) atoms. The van der Waals surface area contributed by atoms with Gasteiger partial charge < -0.3 is 10.2 Å². The molecule has 0 amide bonds. The third-order valence-corrected chi connectivity index (χ3v) is 2.79. The topological polar surface area (TPSA) is 69.1 Å². The van der Waals surface area contributed by atoms with Crippen molar-refractivity contribution in [3.8, 4) is 10.6 Å². The van der Waals surface area contributed by atoms with E-state index in [4.69, 9.17) is 5.73 Å². The molecular weight excluding hydrogens is 299 g/mol. The van der Waals surface area contributed by atoms with Crippen LogP contribution in [0.25, 0.3) is 16.1 Å². The molecule has 1 radical (unpaired) electrons. The van der Waals surface area contributed by atoms with E-state index < -0.39 is 0 Å². The Morgan fingerprint density at radius 3 is 2.94 bits per heavy atom.